The van der Waals surface area contributed by atoms with Gasteiger partial charge >= 0.3 is 0 Å². The van der Waals surface area contributed by atoms with Crippen molar-refractivity contribution < 1.29 is 0 Å². The predicted molar refractivity (Wildman–Crippen MR) is 71.7 cm³/mol. The summed E-state index contributed by atoms with van der Waals surface area (Å²) in [6.45, 7) is 4.07. The molecule has 0 atom stereocenters. The molecule has 0 saturated heterocycles. The maximum atomic E-state index is 4.07. The molecule has 0 bridgehead atoms. The van der Waals surface area contributed by atoms with Crippen LogP contribution in [0.4, 0.5) is 0 Å². The Morgan fingerprint density at radius 1 is 0.875 bits per heavy atom. The molecule has 1 aromatic heterocycles. The molecule has 1 heterocycles. The van der Waals surface area contributed by atoms with Crippen LogP contribution >= 0.6 is 11.3 Å². The van der Waals surface area contributed by atoms with Crippen molar-refractivity contribution in [1.29, 1.82) is 0 Å². The summed E-state index contributed by atoms with van der Waals surface area (Å²) in [4.78, 5) is 1.30. The maximum Gasteiger partial charge on any atom is 0.0358 e. The van der Waals surface area contributed by atoms with Gasteiger partial charge in [0.25, 0.3) is 0 Å². The summed E-state index contributed by atoms with van der Waals surface area (Å²) in [5.74, 6) is 0. The summed E-state index contributed by atoms with van der Waals surface area (Å²) in [7, 11) is 0. The van der Waals surface area contributed by atoms with Crippen LogP contribution in [0, 0.1) is 6.92 Å². The van der Waals surface area contributed by atoms with E-state index in [1.165, 1.54) is 20.5 Å². The van der Waals surface area contributed by atoms with Gasteiger partial charge in [-0.3, -0.25) is 0 Å². The van der Waals surface area contributed by atoms with Gasteiger partial charge in [-0.05, 0) is 35.6 Å². The zero-order valence-corrected chi connectivity index (χ0v) is 9.63. The van der Waals surface area contributed by atoms with E-state index in [2.05, 4.69) is 55.5 Å². The van der Waals surface area contributed by atoms with Crippen molar-refractivity contribution in [1.82, 2.24) is 0 Å². The molecule has 1 radical (unpaired) electrons. The van der Waals surface area contributed by atoms with E-state index in [0.717, 1.165) is 5.56 Å². The lowest BCUT2D eigenvalue weighted by Crippen LogP contribution is -1.77. The lowest BCUT2D eigenvalue weighted by atomic mass is 10.1. The largest absolute Gasteiger partial charge is 0.135 e. The first kappa shape index (κ1) is 9.61. The Morgan fingerprint density at radius 2 is 1.62 bits per heavy atom. The van der Waals surface area contributed by atoms with E-state index in [1.54, 1.807) is 0 Å². The Hall–Kier alpha value is -1.60. The minimum atomic E-state index is 1.09. The van der Waals surface area contributed by atoms with Crippen molar-refractivity contribution in [3.63, 3.8) is 0 Å². The van der Waals surface area contributed by atoms with E-state index in [-0.39, 0.29) is 0 Å². The van der Waals surface area contributed by atoms with Crippen molar-refractivity contribution in [2.75, 3.05) is 0 Å². The molecule has 0 nitrogen and oxygen atoms in total. The number of thiophene rings is 1. The molecule has 0 aliphatic rings. The predicted octanol–water partition coefficient (Wildman–Crippen LogP) is 4.75. The Labute approximate surface area is 99.2 Å². The molecule has 0 aliphatic carbocycles. The van der Waals surface area contributed by atoms with Gasteiger partial charge in [0.05, 0.1) is 0 Å². The zero-order valence-electron chi connectivity index (χ0n) is 8.81. The maximum absolute atomic E-state index is 4.07. The molecule has 0 spiro atoms. The van der Waals surface area contributed by atoms with E-state index >= 15 is 0 Å². The SMILES string of the molecule is [CH2]c1ccccc1-c1cc2ccccc2s1. The summed E-state index contributed by atoms with van der Waals surface area (Å²) < 4.78 is 1.33. The molecule has 0 amide bonds. The van der Waals surface area contributed by atoms with Gasteiger partial charge in [0.15, 0.2) is 0 Å². The van der Waals surface area contributed by atoms with Crippen LogP contribution in [0.1, 0.15) is 5.56 Å². The van der Waals surface area contributed by atoms with Crippen molar-refractivity contribution >= 4 is 21.4 Å². The normalized spacial score (nSPS) is 10.8. The van der Waals surface area contributed by atoms with Gasteiger partial charge in [-0.25, -0.2) is 0 Å². The molecular weight excluding hydrogens is 212 g/mol. The highest BCUT2D eigenvalue weighted by Gasteiger charge is 2.05. The smallest absolute Gasteiger partial charge is 0.0358 e. The van der Waals surface area contributed by atoms with Gasteiger partial charge in [-0.1, -0.05) is 42.5 Å². The Balaban J connectivity index is 2.23. The standard InChI is InChI=1S/C15H11S/c1-11-6-2-4-8-13(11)15-10-12-7-3-5-9-14(12)16-15/h2-10H,1H2. The van der Waals surface area contributed by atoms with Crippen molar-refractivity contribution in [3.8, 4) is 10.4 Å². The van der Waals surface area contributed by atoms with Gasteiger partial charge in [-0.2, -0.15) is 0 Å². The van der Waals surface area contributed by atoms with Gasteiger partial charge in [0.2, 0.25) is 0 Å². The molecule has 16 heavy (non-hydrogen) atoms. The van der Waals surface area contributed by atoms with E-state index in [1.807, 2.05) is 17.4 Å². The van der Waals surface area contributed by atoms with E-state index in [4.69, 9.17) is 0 Å². The third kappa shape index (κ3) is 1.54. The molecule has 3 rings (SSSR count). The highest BCUT2D eigenvalue weighted by molar-refractivity contribution is 7.22. The highest BCUT2D eigenvalue weighted by Crippen LogP contribution is 2.34. The summed E-state index contributed by atoms with van der Waals surface area (Å²) in [5.41, 5.74) is 2.33. The second-order valence-electron chi connectivity index (χ2n) is 3.81. The molecule has 0 N–H and O–H groups in total. The number of hydrogen-bond donors (Lipinski definition) is 0. The van der Waals surface area contributed by atoms with Crippen molar-refractivity contribution in [3.05, 3.63) is 67.1 Å². The number of hydrogen-bond acceptors (Lipinski definition) is 1. The van der Waals surface area contributed by atoms with Gasteiger partial charge < -0.3 is 0 Å². The van der Waals surface area contributed by atoms with E-state index in [9.17, 15) is 0 Å². The second kappa shape index (κ2) is 3.76. The Bertz CT molecular complexity index is 601. The lowest BCUT2D eigenvalue weighted by Gasteiger charge is -2.00. The first-order valence-corrected chi connectivity index (χ1v) is 6.06. The molecule has 77 valence electrons. The zero-order chi connectivity index (χ0) is 11.0. The minimum Gasteiger partial charge on any atom is -0.135 e. The summed E-state index contributed by atoms with van der Waals surface area (Å²) in [6.07, 6.45) is 0. The van der Waals surface area contributed by atoms with Crippen LogP contribution in [0.2, 0.25) is 0 Å². The van der Waals surface area contributed by atoms with Crippen LogP contribution in [-0.2, 0) is 0 Å². The number of fused-ring (bicyclic) bond motifs is 1. The molecule has 0 saturated carbocycles. The third-order valence-electron chi connectivity index (χ3n) is 2.71. The fourth-order valence-corrected chi connectivity index (χ4v) is 3.00. The molecule has 0 unspecified atom stereocenters. The van der Waals surface area contributed by atoms with Crippen LogP contribution in [0.5, 0.6) is 0 Å². The highest BCUT2D eigenvalue weighted by atomic mass is 32.1. The lowest BCUT2D eigenvalue weighted by molar-refractivity contribution is 1.61. The molecule has 0 aliphatic heterocycles. The quantitative estimate of drug-likeness (QED) is 0.558. The molecule has 1 heteroatoms. The minimum absolute atomic E-state index is 1.09. The molecule has 3 aromatic rings. The first-order valence-electron chi connectivity index (χ1n) is 5.24. The topological polar surface area (TPSA) is 0 Å². The van der Waals surface area contributed by atoms with E-state index in [0.29, 0.717) is 0 Å². The van der Waals surface area contributed by atoms with Crippen LogP contribution in [-0.4, -0.2) is 0 Å². The van der Waals surface area contributed by atoms with Crippen LogP contribution in [0.3, 0.4) is 0 Å². The summed E-state index contributed by atoms with van der Waals surface area (Å²) in [5, 5.41) is 1.31. The van der Waals surface area contributed by atoms with Crippen molar-refractivity contribution in [2.45, 2.75) is 0 Å². The molecule has 0 fully saturated rings. The first-order chi connectivity index (χ1) is 7.84. The van der Waals surface area contributed by atoms with Crippen molar-refractivity contribution in [2.24, 2.45) is 0 Å². The van der Waals surface area contributed by atoms with Crippen LogP contribution in [0.15, 0.2) is 54.6 Å². The Morgan fingerprint density at radius 3 is 2.44 bits per heavy atom. The number of benzene rings is 2. The fourth-order valence-electron chi connectivity index (χ4n) is 1.88. The monoisotopic (exact) mass is 223 g/mol. The average Bonchev–Trinajstić information content (AvgIpc) is 2.73. The second-order valence-corrected chi connectivity index (χ2v) is 4.89. The van der Waals surface area contributed by atoms with Crippen LogP contribution in [0.25, 0.3) is 20.5 Å². The summed E-state index contributed by atoms with van der Waals surface area (Å²) >= 11 is 1.82. The van der Waals surface area contributed by atoms with Gasteiger partial charge in [0.1, 0.15) is 0 Å². The molecular formula is C15H11S. The third-order valence-corrected chi connectivity index (χ3v) is 3.86. The van der Waals surface area contributed by atoms with Gasteiger partial charge in [-0.15, -0.1) is 11.3 Å². The van der Waals surface area contributed by atoms with E-state index < -0.39 is 0 Å². The summed E-state index contributed by atoms with van der Waals surface area (Å²) in [6, 6.07) is 19.0. The molecule has 2 aromatic carbocycles. The fraction of sp³-hybridized carbons (Fsp3) is 0. The Kier molecular flexibility index (Phi) is 2.26. The van der Waals surface area contributed by atoms with Gasteiger partial charge in [0, 0.05) is 9.58 Å². The van der Waals surface area contributed by atoms with Crippen LogP contribution < -0.4 is 0 Å². The number of rotatable bonds is 1. The average molecular weight is 223 g/mol.